The van der Waals surface area contributed by atoms with Crippen LogP contribution >= 0.6 is 0 Å². The van der Waals surface area contributed by atoms with E-state index in [1.165, 1.54) is 0 Å². The minimum Gasteiger partial charge on any atom is -0.481 e. The van der Waals surface area contributed by atoms with E-state index in [0.29, 0.717) is 0 Å². The second-order valence-electron chi connectivity index (χ2n) is 3.83. The molecular weight excluding hydrogens is 156 g/mol. The predicted octanol–water partition coefficient (Wildman–Crippen LogP) is 1.08. The summed E-state index contributed by atoms with van der Waals surface area (Å²) in [5.41, 5.74) is 0. The number of hydrogen-bond donors (Lipinski definition) is 1. The van der Waals surface area contributed by atoms with Crippen molar-refractivity contribution < 1.29 is 14.7 Å². The molecule has 0 heterocycles. The van der Waals surface area contributed by atoms with Crippen LogP contribution < -0.4 is 0 Å². The van der Waals surface area contributed by atoms with Crippen molar-refractivity contribution in [2.45, 2.75) is 25.7 Å². The molecule has 0 aromatic heterocycles. The lowest BCUT2D eigenvalue weighted by molar-refractivity contribution is -0.155. The summed E-state index contributed by atoms with van der Waals surface area (Å²) in [7, 11) is 0. The van der Waals surface area contributed by atoms with Gasteiger partial charge >= 0.3 is 5.97 Å². The quantitative estimate of drug-likeness (QED) is 0.596. The number of carboxylic acid groups (broad SMARTS) is 1. The third-order valence-electron chi connectivity index (χ3n) is 3.22. The first-order valence-corrected chi connectivity index (χ1v) is 4.46. The van der Waals surface area contributed by atoms with Gasteiger partial charge in [-0.25, -0.2) is 0 Å². The Balaban J connectivity index is 2.24. The zero-order chi connectivity index (χ0) is 8.72. The fourth-order valence-electron chi connectivity index (χ4n) is 2.55. The monoisotopic (exact) mass is 168 g/mol. The smallest absolute Gasteiger partial charge is 0.314 e. The molecule has 1 N–H and O–H groups in total. The highest BCUT2D eigenvalue weighted by molar-refractivity contribution is 6.00. The van der Waals surface area contributed by atoms with Gasteiger partial charge in [-0.05, 0) is 31.6 Å². The Kier molecular flexibility index (Phi) is 1.67. The van der Waals surface area contributed by atoms with Gasteiger partial charge in [0.15, 0.2) is 0 Å². The van der Waals surface area contributed by atoms with E-state index in [0.717, 1.165) is 25.7 Å². The van der Waals surface area contributed by atoms with Crippen LogP contribution in [0.15, 0.2) is 0 Å². The molecule has 0 amide bonds. The third kappa shape index (κ3) is 0.958. The first kappa shape index (κ1) is 7.77. The number of carbonyl (C=O) groups excluding carboxylic acids is 1. The van der Waals surface area contributed by atoms with Gasteiger partial charge in [-0.1, -0.05) is 0 Å². The van der Waals surface area contributed by atoms with Crippen LogP contribution in [-0.4, -0.2) is 16.9 Å². The van der Waals surface area contributed by atoms with Crippen LogP contribution in [0.3, 0.4) is 0 Å². The Labute approximate surface area is 70.8 Å². The first-order chi connectivity index (χ1) is 5.70. The van der Waals surface area contributed by atoms with E-state index in [9.17, 15) is 9.59 Å². The molecule has 0 saturated heterocycles. The van der Waals surface area contributed by atoms with Crippen molar-refractivity contribution in [1.29, 1.82) is 0 Å². The van der Waals surface area contributed by atoms with E-state index in [2.05, 4.69) is 0 Å². The summed E-state index contributed by atoms with van der Waals surface area (Å²) in [4.78, 5) is 22.2. The first-order valence-electron chi connectivity index (χ1n) is 4.46. The van der Waals surface area contributed by atoms with Gasteiger partial charge in [-0.3, -0.25) is 9.59 Å². The largest absolute Gasteiger partial charge is 0.481 e. The summed E-state index contributed by atoms with van der Waals surface area (Å²) in [6.45, 7) is 0. The summed E-state index contributed by atoms with van der Waals surface area (Å²) < 4.78 is 0. The van der Waals surface area contributed by atoms with Crippen molar-refractivity contribution in [1.82, 2.24) is 0 Å². The molecule has 3 heteroatoms. The highest BCUT2D eigenvalue weighted by Gasteiger charge is 2.46. The average Bonchev–Trinajstić information content (AvgIpc) is 2.05. The molecule has 66 valence electrons. The van der Waals surface area contributed by atoms with E-state index in [1.54, 1.807) is 0 Å². The molecule has 3 aliphatic rings. The van der Waals surface area contributed by atoms with Crippen molar-refractivity contribution >= 4 is 11.8 Å². The number of hydrogen-bond acceptors (Lipinski definition) is 2. The summed E-state index contributed by atoms with van der Waals surface area (Å²) >= 11 is 0. The fourth-order valence-corrected chi connectivity index (χ4v) is 2.55. The van der Waals surface area contributed by atoms with E-state index >= 15 is 0 Å². The van der Waals surface area contributed by atoms with Crippen LogP contribution in [0.2, 0.25) is 0 Å². The lowest BCUT2D eigenvalue weighted by Gasteiger charge is -2.38. The molecular formula is C9H12O3. The number of ketones is 1. The maximum absolute atomic E-state index is 11.4. The Morgan fingerprint density at radius 2 is 1.83 bits per heavy atom. The lowest BCUT2D eigenvalue weighted by atomic mass is 9.64. The standard InChI is InChI=1S/C9H12O3/c10-8-6-3-1-5(2-4-6)7(8)9(11)12/h5-7H,1-4H2,(H,11,12). The maximum atomic E-state index is 11.4. The van der Waals surface area contributed by atoms with E-state index < -0.39 is 11.9 Å². The van der Waals surface area contributed by atoms with E-state index in [4.69, 9.17) is 5.11 Å². The van der Waals surface area contributed by atoms with Crippen molar-refractivity contribution in [3.63, 3.8) is 0 Å². The molecule has 0 aliphatic heterocycles. The molecule has 3 nitrogen and oxygen atoms in total. The van der Waals surface area contributed by atoms with Gasteiger partial charge in [0, 0.05) is 5.92 Å². The Hall–Kier alpha value is -0.860. The number of fused-ring (bicyclic) bond motifs is 3. The number of rotatable bonds is 1. The summed E-state index contributed by atoms with van der Waals surface area (Å²) in [5.74, 6) is -1.38. The molecule has 1 atom stereocenters. The van der Waals surface area contributed by atoms with Crippen LogP contribution in [0.5, 0.6) is 0 Å². The Morgan fingerprint density at radius 3 is 2.17 bits per heavy atom. The number of carbonyl (C=O) groups is 2. The number of carboxylic acids is 1. The molecule has 0 aromatic carbocycles. The van der Waals surface area contributed by atoms with Crippen molar-refractivity contribution in [3.8, 4) is 0 Å². The van der Waals surface area contributed by atoms with Crippen LogP contribution in [0.1, 0.15) is 25.7 Å². The zero-order valence-corrected chi connectivity index (χ0v) is 6.82. The molecule has 3 rings (SSSR count). The molecule has 3 fully saturated rings. The number of aliphatic carboxylic acids is 1. The Bertz CT molecular complexity index is 226. The normalized spacial score (nSPS) is 40.0. The SMILES string of the molecule is O=C(O)C1C(=O)C2CCC1CC2. The molecule has 0 aromatic rings. The Morgan fingerprint density at radius 1 is 1.25 bits per heavy atom. The lowest BCUT2D eigenvalue weighted by Crippen LogP contribution is -2.44. The minimum atomic E-state index is -0.908. The van der Waals surface area contributed by atoms with Gasteiger partial charge in [0.05, 0.1) is 0 Å². The average molecular weight is 168 g/mol. The van der Waals surface area contributed by atoms with Crippen molar-refractivity contribution in [2.75, 3.05) is 0 Å². The maximum Gasteiger partial charge on any atom is 0.314 e. The predicted molar refractivity (Wildman–Crippen MR) is 41.6 cm³/mol. The van der Waals surface area contributed by atoms with Crippen LogP contribution in [0, 0.1) is 17.8 Å². The topological polar surface area (TPSA) is 54.4 Å². The molecule has 12 heavy (non-hydrogen) atoms. The molecule has 0 spiro atoms. The van der Waals surface area contributed by atoms with Crippen LogP contribution in [0.25, 0.3) is 0 Å². The zero-order valence-electron chi connectivity index (χ0n) is 6.82. The molecule has 0 radical (unpaired) electrons. The van der Waals surface area contributed by atoms with Crippen molar-refractivity contribution in [3.05, 3.63) is 0 Å². The summed E-state index contributed by atoms with van der Waals surface area (Å²) in [6, 6.07) is 0. The highest BCUT2D eigenvalue weighted by atomic mass is 16.4. The second-order valence-corrected chi connectivity index (χ2v) is 3.83. The van der Waals surface area contributed by atoms with Crippen LogP contribution in [0.4, 0.5) is 0 Å². The second kappa shape index (κ2) is 2.57. The highest BCUT2D eigenvalue weighted by Crippen LogP contribution is 2.42. The van der Waals surface area contributed by atoms with Gasteiger partial charge in [-0.2, -0.15) is 0 Å². The molecule has 3 saturated carbocycles. The minimum absolute atomic E-state index is 0.00926. The third-order valence-corrected chi connectivity index (χ3v) is 3.22. The summed E-state index contributed by atoms with van der Waals surface area (Å²) in [5, 5.41) is 8.81. The molecule has 2 bridgehead atoms. The van der Waals surface area contributed by atoms with Gasteiger partial charge < -0.3 is 5.11 Å². The van der Waals surface area contributed by atoms with E-state index in [1.807, 2.05) is 0 Å². The number of Topliss-reactive ketones (excluding diaryl/α,β-unsaturated/α-hetero) is 1. The van der Waals surface area contributed by atoms with Gasteiger partial charge in [-0.15, -0.1) is 0 Å². The fraction of sp³-hybridized carbons (Fsp3) is 0.778. The van der Waals surface area contributed by atoms with Gasteiger partial charge in [0.1, 0.15) is 11.7 Å². The summed E-state index contributed by atoms with van der Waals surface area (Å²) in [6.07, 6.45) is 3.72. The van der Waals surface area contributed by atoms with Gasteiger partial charge in [0.2, 0.25) is 0 Å². The van der Waals surface area contributed by atoms with Crippen LogP contribution in [-0.2, 0) is 9.59 Å². The molecule has 3 aliphatic carbocycles. The van der Waals surface area contributed by atoms with Crippen molar-refractivity contribution in [2.24, 2.45) is 17.8 Å². The van der Waals surface area contributed by atoms with E-state index in [-0.39, 0.29) is 17.6 Å². The molecule has 1 unspecified atom stereocenters. The van der Waals surface area contributed by atoms with Gasteiger partial charge in [0.25, 0.3) is 0 Å².